The Morgan fingerprint density at radius 2 is 1.37 bits per heavy atom. The fraction of sp³-hybridized carbons (Fsp3) is 0.0556. The SMILES string of the molecule is Cc1ccc(-c2ccc(-c3cc(-c4nn5c(C(c6ccccc6)c6ccccc6)nnc5s4)c4ccccc4n3)o2)cc1. The average molecular weight is 576 g/mol. The smallest absolute Gasteiger partial charge is 0.235 e. The van der Waals surface area contributed by atoms with Crippen molar-refractivity contribution in [1.29, 1.82) is 0 Å². The molecule has 0 aliphatic heterocycles. The zero-order chi connectivity index (χ0) is 28.8. The van der Waals surface area contributed by atoms with Crippen LogP contribution in [-0.2, 0) is 0 Å². The molecule has 7 heteroatoms. The van der Waals surface area contributed by atoms with E-state index in [1.54, 1.807) is 0 Å². The molecule has 0 atom stereocenters. The highest BCUT2D eigenvalue weighted by Gasteiger charge is 2.25. The number of fused-ring (bicyclic) bond motifs is 2. The molecule has 0 fully saturated rings. The predicted octanol–water partition coefficient (Wildman–Crippen LogP) is 8.82. The van der Waals surface area contributed by atoms with E-state index in [9.17, 15) is 0 Å². The predicted molar refractivity (Wildman–Crippen MR) is 171 cm³/mol. The van der Waals surface area contributed by atoms with Crippen molar-refractivity contribution in [1.82, 2.24) is 24.8 Å². The molecule has 0 aliphatic carbocycles. The lowest BCUT2D eigenvalue weighted by Crippen LogP contribution is -2.08. The van der Waals surface area contributed by atoms with Crippen LogP contribution in [0, 0.1) is 6.92 Å². The van der Waals surface area contributed by atoms with Crippen LogP contribution in [0.5, 0.6) is 0 Å². The molecule has 6 nitrogen and oxygen atoms in total. The Hall–Kier alpha value is -5.40. The molecule has 206 valence electrons. The molecule has 0 aliphatic rings. The topological polar surface area (TPSA) is 69.1 Å². The van der Waals surface area contributed by atoms with Crippen LogP contribution in [0.25, 0.3) is 49.2 Å². The van der Waals surface area contributed by atoms with Crippen molar-refractivity contribution in [2.75, 3.05) is 0 Å². The van der Waals surface area contributed by atoms with Crippen molar-refractivity contribution in [3.63, 3.8) is 0 Å². The van der Waals surface area contributed by atoms with Gasteiger partial charge >= 0.3 is 0 Å². The molecule has 0 saturated heterocycles. The highest BCUT2D eigenvalue weighted by atomic mass is 32.1. The van der Waals surface area contributed by atoms with E-state index in [0.717, 1.165) is 60.4 Å². The normalized spacial score (nSPS) is 11.6. The summed E-state index contributed by atoms with van der Waals surface area (Å²) in [4.78, 5) is 5.71. The van der Waals surface area contributed by atoms with Crippen LogP contribution < -0.4 is 0 Å². The lowest BCUT2D eigenvalue weighted by atomic mass is 9.91. The highest BCUT2D eigenvalue weighted by molar-refractivity contribution is 7.19. The Balaban J connectivity index is 1.26. The summed E-state index contributed by atoms with van der Waals surface area (Å²) in [6.45, 7) is 2.08. The van der Waals surface area contributed by atoms with Crippen molar-refractivity contribution >= 4 is 27.2 Å². The van der Waals surface area contributed by atoms with Gasteiger partial charge in [0.2, 0.25) is 4.96 Å². The number of nitrogens with zero attached hydrogens (tertiary/aromatic N) is 5. The molecule has 0 bridgehead atoms. The van der Waals surface area contributed by atoms with Crippen LogP contribution in [0.2, 0.25) is 0 Å². The van der Waals surface area contributed by atoms with Gasteiger partial charge in [-0.05, 0) is 42.3 Å². The maximum Gasteiger partial charge on any atom is 0.235 e. The quantitative estimate of drug-likeness (QED) is 0.198. The molecule has 43 heavy (non-hydrogen) atoms. The number of para-hydroxylation sites is 1. The summed E-state index contributed by atoms with van der Waals surface area (Å²) < 4.78 is 8.21. The zero-order valence-electron chi connectivity index (χ0n) is 23.3. The Morgan fingerprint density at radius 1 is 0.698 bits per heavy atom. The third-order valence-electron chi connectivity index (χ3n) is 7.68. The van der Waals surface area contributed by atoms with E-state index in [1.807, 2.05) is 47.0 Å². The maximum absolute atomic E-state index is 6.32. The lowest BCUT2D eigenvalue weighted by Gasteiger charge is -2.15. The summed E-state index contributed by atoms with van der Waals surface area (Å²) in [5, 5.41) is 16.2. The Labute approximate surface area is 251 Å². The van der Waals surface area contributed by atoms with Crippen molar-refractivity contribution < 1.29 is 4.42 Å². The van der Waals surface area contributed by atoms with E-state index in [0.29, 0.717) is 5.76 Å². The van der Waals surface area contributed by atoms with Gasteiger partial charge in [-0.25, -0.2) is 4.98 Å². The molecule has 8 rings (SSSR count). The van der Waals surface area contributed by atoms with E-state index in [-0.39, 0.29) is 5.92 Å². The minimum absolute atomic E-state index is 0.111. The average Bonchev–Trinajstić information content (AvgIpc) is 3.80. The highest BCUT2D eigenvalue weighted by Crippen LogP contribution is 2.38. The lowest BCUT2D eigenvalue weighted by molar-refractivity contribution is 0.595. The molecule has 0 amide bonds. The van der Waals surface area contributed by atoms with Gasteiger partial charge in [0, 0.05) is 16.5 Å². The van der Waals surface area contributed by atoms with Crippen molar-refractivity contribution in [3.8, 4) is 33.3 Å². The summed E-state index contributed by atoms with van der Waals surface area (Å²) in [5.41, 5.74) is 7.12. The van der Waals surface area contributed by atoms with Gasteiger partial charge in [-0.15, -0.1) is 10.2 Å². The summed E-state index contributed by atoms with van der Waals surface area (Å²) in [6.07, 6.45) is 0. The zero-order valence-corrected chi connectivity index (χ0v) is 24.1. The molecular weight excluding hydrogens is 550 g/mol. The maximum atomic E-state index is 6.32. The largest absolute Gasteiger partial charge is 0.454 e. The second-order valence-electron chi connectivity index (χ2n) is 10.5. The molecular formula is C36H25N5OS. The van der Waals surface area contributed by atoms with E-state index in [4.69, 9.17) is 14.5 Å². The van der Waals surface area contributed by atoms with Crippen LogP contribution in [0.3, 0.4) is 0 Å². The van der Waals surface area contributed by atoms with Gasteiger partial charge in [-0.3, -0.25) is 0 Å². The number of hydrogen-bond donors (Lipinski definition) is 0. The Morgan fingerprint density at radius 3 is 2.12 bits per heavy atom. The fourth-order valence-electron chi connectivity index (χ4n) is 5.53. The standard InChI is InChI=1S/C36H25N5OS/c1-23-16-18-24(19-17-23)31-20-21-32(42-31)30-22-28(27-14-8-9-15-29(27)37-30)35-40-41-34(38-39-36(41)43-35)33(25-10-4-2-5-11-25)26-12-6-3-7-13-26/h2-22,33H,1H3. The molecule has 0 unspecified atom stereocenters. The number of rotatable bonds is 6. The first kappa shape index (κ1) is 25.3. The van der Waals surface area contributed by atoms with E-state index in [2.05, 4.69) is 102 Å². The molecule has 4 heterocycles. The first-order valence-corrected chi connectivity index (χ1v) is 14.9. The first-order valence-electron chi connectivity index (χ1n) is 14.1. The van der Waals surface area contributed by atoms with E-state index >= 15 is 0 Å². The molecule has 0 radical (unpaired) electrons. The van der Waals surface area contributed by atoms with Gasteiger partial charge in [0.1, 0.15) is 16.5 Å². The summed E-state index contributed by atoms with van der Waals surface area (Å²) >= 11 is 1.52. The molecule has 0 spiro atoms. The second kappa shape index (κ2) is 10.5. The molecule has 4 aromatic heterocycles. The van der Waals surface area contributed by atoms with Crippen molar-refractivity contribution in [2.24, 2.45) is 0 Å². The minimum atomic E-state index is -0.111. The van der Waals surface area contributed by atoms with Gasteiger partial charge < -0.3 is 4.42 Å². The second-order valence-corrected chi connectivity index (χ2v) is 11.5. The monoisotopic (exact) mass is 575 g/mol. The van der Waals surface area contributed by atoms with Gasteiger partial charge in [-0.1, -0.05) is 120 Å². The summed E-state index contributed by atoms with van der Waals surface area (Å²) in [5.74, 6) is 2.19. The van der Waals surface area contributed by atoms with Gasteiger partial charge in [0.15, 0.2) is 11.6 Å². The summed E-state index contributed by atoms with van der Waals surface area (Å²) in [7, 11) is 0. The van der Waals surface area contributed by atoms with Crippen LogP contribution in [-0.4, -0.2) is 24.8 Å². The van der Waals surface area contributed by atoms with E-state index in [1.165, 1.54) is 16.9 Å². The van der Waals surface area contributed by atoms with E-state index < -0.39 is 0 Å². The van der Waals surface area contributed by atoms with Gasteiger partial charge in [-0.2, -0.15) is 9.61 Å². The van der Waals surface area contributed by atoms with Crippen LogP contribution in [0.1, 0.15) is 28.4 Å². The number of aromatic nitrogens is 5. The number of benzene rings is 4. The van der Waals surface area contributed by atoms with Gasteiger partial charge in [0.25, 0.3) is 0 Å². The molecule has 0 N–H and O–H groups in total. The third kappa shape index (κ3) is 4.60. The van der Waals surface area contributed by atoms with Gasteiger partial charge in [0.05, 0.1) is 11.4 Å². The number of aryl methyl sites for hydroxylation is 1. The molecule has 0 saturated carbocycles. The Kier molecular flexibility index (Phi) is 6.16. The van der Waals surface area contributed by atoms with Crippen molar-refractivity contribution in [2.45, 2.75) is 12.8 Å². The number of pyridine rings is 1. The number of hydrogen-bond acceptors (Lipinski definition) is 6. The summed E-state index contributed by atoms with van der Waals surface area (Å²) in [6, 6.07) is 43.3. The number of furan rings is 1. The van der Waals surface area contributed by atoms with Crippen LogP contribution in [0.4, 0.5) is 0 Å². The Bertz CT molecular complexity index is 2160. The van der Waals surface area contributed by atoms with Crippen LogP contribution in [0.15, 0.2) is 132 Å². The molecule has 8 aromatic rings. The fourth-order valence-corrected chi connectivity index (χ4v) is 6.41. The third-order valence-corrected chi connectivity index (χ3v) is 8.61. The van der Waals surface area contributed by atoms with Crippen molar-refractivity contribution in [3.05, 3.63) is 150 Å². The molecule has 4 aromatic carbocycles. The van der Waals surface area contributed by atoms with Crippen LogP contribution >= 0.6 is 11.3 Å². The first-order chi connectivity index (χ1) is 21.2. The minimum Gasteiger partial charge on any atom is -0.454 e.